The highest BCUT2D eigenvalue weighted by atomic mass is 28.3. The molecule has 3 heterocycles. The molecule has 0 aliphatic carbocycles. The zero-order valence-electron chi connectivity index (χ0n) is 15.8. The maximum atomic E-state index is 4.86. The van der Waals surface area contributed by atoms with Crippen molar-refractivity contribution >= 4 is 40.3 Å². The van der Waals surface area contributed by atoms with Gasteiger partial charge in [-0.3, -0.25) is 4.57 Å². The van der Waals surface area contributed by atoms with E-state index in [-0.39, 0.29) is 0 Å². The Labute approximate surface area is 164 Å². The van der Waals surface area contributed by atoms with Gasteiger partial charge >= 0.3 is 0 Å². The normalized spacial score (nSPS) is 14.4. The van der Waals surface area contributed by atoms with Crippen LogP contribution in [0.2, 0.25) is 13.1 Å². The van der Waals surface area contributed by atoms with Crippen LogP contribution in [0, 0.1) is 0 Å². The molecule has 0 spiro atoms. The summed E-state index contributed by atoms with van der Waals surface area (Å²) in [4.78, 5) is 9.60. The molecular weight excluding hydrogens is 358 g/mol. The zero-order valence-corrected chi connectivity index (χ0v) is 16.8. The Morgan fingerprint density at radius 3 is 2.04 bits per heavy atom. The molecule has 0 bridgehead atoms. The van der Waals surface area contributed by atoms with Gasteiger partial charge in [0.1, 0.15) is 20.2 Å². The van der Waals surface area contributed by atoms with Crippen LogP contribution in [0.25, 0.3) is 38.9 Å². The summed E-state index contributed by atoms with van der Waals surface area (Å²) < 4.78 is 2.34. The van der Waals surface area contributed by atoms with Gasteiger partial charge in [0.15, 0.2) is 0 Å². The summed E-state index contributed by atoms with van der Waals surface area (Å²) in [6.07, 6.45) is 1.73. The monoisotopic (exact) mass is 377 g/mol. The van der Waals surface area contributed by atoms with Gasteiger partial charge in [-0.25, -0.2) is 9.97 Å². The molecule has 3 aromatic carbocycles. The highest BCUT2D eigenvalue weighted by Crippen LogP contribution is 2.34. The quantitative estimate of drug-likeness (QED) is 0.406. The molecule has 0 atom stereocenters. The largest absolute Gasteiger partial charge is 0.294 e. The molecule has 134 valence electrons. The van der Waals surface area contributed by atoms with Crippen molar-refractivity contribution in [1.29, 1.82) is 0 Å². The van der Waals surface area contributed by atoms with Crippen molar-refractivity contribution in [3.05, 3.63) is 79.1 Å². The predicted molar refractivity (Wildman–Crippen MR) is 119 cm³/mol. The maximum absolute atomic E-state index is 4.86. The smallest absolute Gasteiger partial charge is 0.141 e. The van der Waals surface area contributed by atoms with Crippen LogP contribution in [0.1, 0.15) is 0 Å². The standard InChI is InChI=1S/C24H19N3Si/c1-28(2)21-14-8-5-11-18(21)22-23(28)24(26-15-25-22)27-19-12-6-3-9-16(19)17-10-4-7-13-20(17)27/h3-15H,1-2H3. The first-order chi connectivity index (χ1) is 13.7. The Kier molecular flexibility index (Phi) is 3.04. The molecule has 0 saturated heterocycles. The van der Waals surface area contributed by atoms with Crippen molar-refractivity contribution in [1.82, 2.24) is 14.5 Å². The topological polar surface area (TPSA) is 30.7 Å². The third kappa shape index (κ3) is 1.88. The van der Waals surface area contributed by atoms with E-state index in [1.54, 1.807) is 6.33 Å². The Morgan fingerprint density at radius 1 is 0.714 bits per heavy atom. The van der Waals surface area contributed by atoms with Gasteiger partial charge in [0, 0.05) is 16.0 Å². The minimum Gasteiger partial charge on any atom is -0.294 e. The number of rotatable bonds is 1. The van der Waals surface area contributed by atoms with Gasteiger partial charge in [-0.15, -0.1) is 0 Å². The molecule has 1 aliphatic heterocycles. The summed E-state index contributed by atoms with van der Waals surface area (Å²) in [6, 6.07) is 26.0. The highest BCUT2D eigenvalue weighted by Gasteiger charge is 2.41. The van der Waals surface area contributed by atoms with E-state index in [0.29, 0.717) is 0 Å². The van der Waals surface area contributed by atoms with Crippen molar-refractivity contribution < 1.29 is 0 Å². The molecule has 0 unspecified atom stereocenters. The van der Waals surface area contributed by atoms with Gasteiger partial charge < -0.3 is 0 Å². The molecule has 5 aromatic rings. The molecule has 3 nitrogen and oxygen atoms in total. The van der Waals surface area contributed by atoms with Crippen LogP contribution in [0.3, 0.4) is 0 Å². The molecule has 0 amide bonds. The van der Waals surface area contributed by atoms with Crippen molar-refractivity contribution in [2.45, 2.75) is 13.1 Å². The van der Waals surface area contributed by atoms with Crippen molar-refractivity contribution in [3.8, 4) is 17.1 Å². The van der Waals surface area contributed by atoms with E-state index in [9.17, 15) is 0 Å². The lowest BCUT2D eigenvalue weighted by Crippen LogP contribution is -2.51. The number of nitrogens with zero attached hydrogens (tertiary/aromatic N) is 3. The average Bonchev–Trinajstić information content (AvgIpc) is 3.19. The number of para-hydroxylation sites is 2. The second-order valence-corrected chi connectivity index (χ2v) is 12.2. The molecule has 4 heteroatoms. The molecule has 0 fully saturated rings. The fourth-order valence-corrected chi connectivity index (χ4v) is 8.03. The van der Waals surface area contributed by atoms with Crippen molar-refractivity contribution in [3.63, 3.8) is 0 Å². The first kappa shape index (κ1) is 15.8. The van der Waals surface area contributed by atoms with E-state index in [1.807, 2.05) is 0 Å². The van der Waals surface area contributed by atoms with Crippen molar-refractivity contribution in [2.75, 3.05) is 0 Å². The van der Waals surface area contributed by atoms with Gasteiger partial charge in [-0.1, -0.05) is 73.8 Å². The van der Waals surface area contributed by atoms with Crippen LogP contribution in [0.4, 0.5) is 0 Å². The molecule has 0 saturated carbocycles. The van der Waals surface area contributed by atoms with Crippen LogP contribution in [0.15, 0.2) is 79.1 Å². The molecule has 2 aromatic heterocycles. The summed E-state index contributed by atoms with van der Waals surface area (Å²) in [5, 5.41) is 5.32. The van der Waals surface area contributed by atoms with E-state index in [4.69, 9.17) is 9.97 Å². The predicted octanol–water partition coefficient (Wildman–Crippen LogP) is 4.38. The summed E-state index contributed by atoms with van der Waals surface area (Å²) in [5.41, 5.74) is 4.79. The summed E-state index contributed by atoms with van der Waals surface area (Å²) >= 11 is 0. The van der Waals surface area contributed by atoms with Crippen LogP contribution >= 0.6 is 0 Å². The number of benzene rings is 3. The van der Waals surface area contributed by atoms with Crippen LogP contribution in [-0.2, 0) is 0 Å². The summed E-state index contributed by atoms with van der Waals surface area (Å²) in [5.74, 6) is 1.04. The third-order valence-electron chi connectivity index (χ3n) is 6.10. The lowest BCUT2D eigenvalue weighted by Gasteiger charge is -2.21. The van der Waals surface area contributed by atoms with Gasteiger partial charge in [-0.05, 0) is 22.9 Å². The van der Waals surface area contributed by atoms with E-state index in [0.717, 1.165) is 11.5 Å². The molecular formula is C24H19N3Si. The van der Waals surface area contributed by atoms with Crippen LogP contribution < -0.4 is 10.4 Å². The molecule has 6 rings (SSSR count). The summed E-state index contributed by atoms with van der Waals surface area (Å²) in [6.45, 7) is 4.83. The fourth-order valence-electron chi connectivity index (χ4n) is 4.85. The van der Waals surface area contributed by atoms with E-state index in [1.165, 1.54) is 37.7 Å². The molecule has 0 N–H and O–H groups in total. The highest BCUT2D eigenvalue weighted by molar-refractivity contribution is 7.04. The summed E-state index contributed by atoms with van der Waals surface area (Å²) in [7, 11) is -1.90. The number of hydrogen-bond donors (Lipinski definition) is 0. The van der Waals surface area contributed by atoms with Crippen LogP contribution in [0.5, 0.6) is 0 Å². The minimum absolute atomic E-state index is 1.04. The Morgan fingerprint density at radius 2 is 1.32 bits per heavy atom. The Bertz CT molecular complexity index is 1340. The Hall–Kier alpha value is -3.24. The number of fused-ring (bicyclic) bond motifs is 6. The third-order valence-corrected chi connectivity index (χ3v) is 9.59. The van der Waals surface area contributed by atoms with E-state index >= 15 is 0 Å². The molecule has 1 aliphatic rings. The van der Waals surface area contributed by atoms with Gasteiger partial charge in [0.05, 0.1) is 16.7 Å². The first-order valence-corrected chi connectivity index (χ1v) is 12.6. The number of hydrogen-bond acceptors (Lipinski definition) is 2. The van der Waals surface area contributed by atoms with E-state index in [2.05, 4.69) is 90.5 Å². The lowest BCUT2D eigenvalue weighted by atomic mass is 10.1. The lowest BCUT2D eigenvalue weighted by molar-refractivity contribution is 1.06. The van der Waals surface area contributed by atoms with E-state index < -0.39 is 8.07 Å². The average molecular weight is 378 g/mol. The first-order valence-electron chi connectivity index (χ1n) is 9.62. The maximum Gasteiger partial charge on any atom is 0.141 e. The molecule has 0 radical (unpaired) electrons. The molecule has 28 heavy (non-hydrogen) atoms. The SMILES string of the molecule is C[Si]1(C)c2ccccc2-c2ncnc(-n3c4ccccc4c4ccccc43)c21. The fraction of sp³-hybridized carbons (Fsp3) is 0.0833. The Balaban J connectivity index is 1.78. The van der Waals surface area contributed by atoms with Gasteiger partial charge in [-0.2, -0.15) is 0 Å². The second-order valence-electron chi connectivity index (χ2n) is 7.96. The van der Waals surface area contributed by atoms with Crippen LogP contribution in [-0.4, -0.2) is 22.6 Å². The van der Waals surface area contributed by atoms with Gasteiger partial charge in [0.25, 0.3) is 0 Å². The minimum atomic E-state index is -1.90. The second kappa shape index (κ2) is 5.39. The van der Waals surface area contributed by atoms with Crippen molar-refractivity contribution in [2.24, 2.45) is 0 Å². The zero-order chi connectivity index (χ0) is 18.9. The number of aromatic nitrogens is 3. The van der Waals surface area contributed by atoms with Gasteiger partial charge in [0.2, 0.25) is 0 Å².